The van der Waals surface area contributed by atoms with Gasteiger partial charge in [-0.3, -0.25) is 9.59 Å². The number of aryl methyl sites for hydroxylation is 3. The normalized spacial score (nSPS) is 32.7. The van der Waals surface area contributed by atoms with Crippen LogP contribution >= 0.6 is 0 Å². The smallest absolute Gasteiger partial charge is 0.320 e. The van der Waals surface area contributed by atoms with E-state index >= 15 is 0 Å². The van der Waals surface area contributed by atoms with Crippen molar-refractivity contribution >= 4 is 11.9 Å². The molecule has 0 aromatic heterocycles. The molecule has 1 aliphatic heterocycles. The number of fused-ring (bicyclic) bond motifs is 1. The van der Waals surface area contributed by atoms with E-state index in [2.05, 4.69) is 32.9 Å². The highest BCUT2D eigenvalue weighted by Gasteiger charge is 2.51. The lowest BCUT2D eigenvalue weighted by molar-refractivity contribution is -0.155. The van der Waals surface area contributed by atoms with Crippen LogP contribution in [-0.2, 0) is 19.1 Å². The number of rotatable bonds is 3. The molecule has 1 saturated heterocycles. The fourth-order valence-corrected chi connectivity index (χ4v) is 5.59. The molecular weight excluding hydrogens is 352 g/mol. The highest BCUT2D eigenvalue weighted by atomic mass is 16.6. The third-order valence-electron chi connectivity index (χ3n) is 6.81. The molecule has 2 fully saturated rings. The van der Waals surface area contributed by atoms with Gasteiger partial charge in [0.2, 0.25) is 0 Å². The van der Waals surface area contributed by atoms with Crippen LogP contribution in [0.15, 0.2) is 23.8 Å². The van der Waals surface area contributed by atoms with Crippen molar-refractivity contribution in [2.45, 2.75) is 77.9 Å². The Hall–Kier alpha value is -1.94. The van der Waals surface area contributed by atoms with Gasteiger partial charge in [0.15, 0.2) is 0 Å². The molecule has 4 rings (SSSR count). The van der Waals surface area contributed by atoms with Gasteiger partial charge in [-0.05, 0) is 69.2 Å². The largest absolute Gasteiger partial charge is 0.393 e. The number of ether oxygens (including phenoxy) is 2. The first-order valence-corrected chi connectivity index (χ1v) is 10.5. The molecular formula is C24H30O4. The van der Waals surface area contributed by atoms with Gasteiger partial charge in [-0.15, -0.1) is 0 Å². The summed E-state index contributed by atoms with van der Waals surface area (Å²) in [6.07, 6.45) is 6.75. The molecule has 1 heterocycles. The van der Waals surface area contributed by atoms with Crippen molar-refractivity contribution in [3.63, 3.8) is 0 Å². The summed E-state index contributed by atoms with van der Waals surface area (Å²) in [7, 11) is 0. The summed E-state index contributed by atoms with van der Waals surface area (Å²) in [6, 6.07) is 4.51. The molecule has 0 spiro atoms. The van der Waals surface area contributed by atoms with Gasteiger partial charge in [-0.2, -0.15) is 0 Å². The minimum absolute atomic E-state index is 0.0597. The average Bonchev–Trinajstić information content (AvgIpc) is 2.92. The number of cyclic esters (lactones) is 2. The van der Waals surface area contributed by atoms with Crippen LogP contribution in [0.2, 0.25) is 0 Å². The second kappa shape index (κ2) is 7.47. The summed E-state index contributed by atoms with van der Waals surface area (Å²) in [5, 5.41) is 0. The molecule has 0 unspecified atom stereocenters. The maximum atomic E-state index is 12.4. The monoisotopic (exact) mass is 382 g/mol. The predicted molar refractivity (Wildman–Crippen MR) is 107 cm³/mol. The minimum Gasteiger partial charge on any atom is -0.393 e. The Morgan fingerprint density at radius 1 is 0.929 bits per heavy atom. The molecule has 0 amide bonds. The summed E-state index contributed by atoms with van der Waals surface area (Å²) >= 11 is 0. The lowest BCUT2D eigenvalue weighted by atomic mass is 9.76. The number of allylic oxidation sites excluding steroid dienone is 1. The van der Waals surface area contributed by atoms with E-state index in [1.165, 1.54) is 28.7 Å². The summed E-state index contributed by atoms with van der Waals surface area (Å²) in [5.41, 5.74) is 6.38. The summed E-state index contributed by atoms with van der Waals surface area (Å²) in [4.78, 5) is 24.4. The molecule has 4 nitrogen and oxygen atoms in total. The van der Waals surface area contributed by atoms with Crippen molar-refractivity contribution < 1.29 is 19.1 Å². The molecule has 0 radical (unpaired) electrons. The first-order valence-electron chi connectivity index (χ1n) is 10.5. The number of carbonyl (C=O) groups is 2. The van der Waals surface area contributed by atoms with Crippen molar-refractivity contribution in [1.29, 1.82) is 0 Å². The van der Waals surface area contributed by atoms with Crippen LogP contribution in [-0.4, -0.2) is 24.1 Å². The highest BCUT2D eigenvalue weighted by molar-refractivity contribution is 5.97. The second-order valence-corrected chi connectivity index (χ2v) is 8.85. The van der Waals surface area contributed by atoms with E-state index in [1.807, 2.05) is 13.0 Å². The van der Waals surface area contributed by atoms with E-state index < -0.39 is 17.9 Å². The van der Waals surface area contributed by atoms with Crippen LogP contribution in [0.4, 0.5) is 0 Å². The standard InChI is InChI=1S/C24H30O4/c1-13-11-15(3)20(16(4)12-13)17-7-5-6-8-19(17)27-22-14(2)9-10-18-21(22)24(26)28-23(18)25/h9,11-12,17-19,21-22H,5-8,10H2,1-4H3/t17-,18+,19-,21+,22-/m0/s1. The van der Waals surface area contributed by atoms with Gasteiger partial charge in [-0.25, -0.2) is 0 Å². The molecule has 3 aliphatic rings. The molecule has 0 N–H and O–H groups in total. The molecule has 1 saturated carbocycles. The lowest BCUT2D eigenvalue weighted by Crippen LogP contribution is -2.41. The number of carbonyl (C=O) groups excluding carboxylic acids is 2. The van der Waals surface area contributed by atoms with E-state index in [1.54, 1.807) is 0 Å². The first-order chi connectivity index (χ1) is 13.4. The fraction of sp³-hybridized carbons (Fsp3) is 0.583. The van der Waals surface area contributed by atoms with Gasteiger partial charge in [0.05, 0.1) is 18.1 Å². The molecule has 2 aliphatic carbocycles. The van der Waals surface area contributed by atoms with E-state index in [0.29, 0.717) is 12.3 Å². The number of hydrogen-bond donors (Lipinski definition) is 0. The average molecular weight is 383 g/mol. The third kappa shape index (κ3) is 3.32. The maximum absolute atomic E-state index is 12.4. The highest BCUT2D eigenvalue weighted by Crippen LogP contribution is 2.43. The zero-order chi connectivity index (χ0) is 20.0. The van der Waals surface area contributed by atoms with Gasteiger partial charge in [0.25, 0.3) is 0 Å². The van der Waals surface area contributed by atoms with Crippen LogP contribution in [0.5, 0.6) is 0 Å². The number of hydrogen-bond acceptors (Lipinski definition) is 4. The van der Waals surface area contributed by atoms with Gasteiger partial charge in [0, 0.05) is 5.92 Å². The lowest BCUT2D eigenvalue weighted by Gasteiger charge is -2.39. The van der Waals surface area contributed by atoms with Crippen molar-refractivity contribution in [3.05, 3.63) is 46.0 Å². The van der Waals surface area contributed by atoms with Gasteiger partial charge in [-0.1, -0.05) is 36.6 Å². The second-order valence-electron chi connectivity index (χ2n) is 8.85. The Morgan fingerprint density at radius 2 is 1.61 bits per heavy atom. The van der Waals surface area contributed by atoms with Crippen LogP contribution in [0, 0.1) is 32.6 Å². The first kappa shape index (κ1) is 19.4. The van der Waals surface area contributed by atoms with Gasteiger partial charge in [0.1, 0.15) is 5.92 Å². The van der Waals surface area contributed by atoms with E-state index in [9.17, 15) is 9.59 Å². The van der Waals surface area contributed by atoms with Crippen LogP contribution < -0.4 is 0 Å². The van der Waals surface area contributed by atoms with Crippen LogP contribution in [0.25, 0.3) is 0 Å². The quantitative estimate of drug-likeness (QED) is 0.432. The summed E-state index contributed by atoms with van der Waals surface area (Å²) in [5.74, 6) is -1.35. The Morgan fingerprint density at radius 3 is 2.32 bits per heavy atom. The zero-order valence-electron chi connectivity index (χ0n) is 17.3. The van der Waals surface area contributed by atoms with E-state index in [-0.39, 0.29) is 18.1 Å². The maximum Gasteiger partial charge on any atom is 0.320 e. The molecule has 28 heavy (non-hydrogen) atoms. The number of benzene rings is 1. The zero-order valence-corrected chi connectivity index (χ0v) is 17.3. The molecule has 1 aromatic rings. The molecule has 150 valence electrons. The molecule has 5 atom stereocenters. The Bertz CT molecular complexity index is 814. The Kier molecular flexibility index (Phi) is 5.17. The molecule has 1 aromatic carbocycles. The summed E-state index contributed by atoms with van der Waals surface area (Å²) < 4.78 is 11.6. The van der Waals surface area contributed by atoms with Crippen molar-refractivity contribution in [2.75, 3.05) is 0 Å². The van der Waals surface area contributed by atoms with Crippen molar-refractivity contribution in [1.82, 2.24) is 0 Å². The minimum atomic E-state index is -0.486. The van der Waals surface area contributed by atoms with Gasteiger partial charge >= 0.3 is 11.9 Å². The van der Waals surface area contributed by atoms with Crippen LogP contribution in [0.1, 0.15) is 67.2 Å². The van der Waals surface area contributed by atoms with Crippen molar-refractivity contribution in [2.24, 2.45) is 11.8 Å². The fourth-order valence-electron chi connectivity index (χ4n) is 5.59. The summed E-state index contributed by atoms with van der Waals surface area (Å²) in [6.45, 7) is 8.53. The number of esters is 2. The third-order valence-corrected chi connectivity index (χ3v) is 6.81. The Labute approximate surface area is 167 Å². The molecule has 0 bridgehead atoms. The molecule has 4 heteroatoms. The van der Waals surface area contributed by atoms with Crippen LogP contribution in [0.3, 0.4) is 0 Å². The SMILES string of the molecule is CC1=CC[C@H]2C(=O)OC(=O)[C@H]2[C@H]1O[C@H]1CCCC[C@@H]1c1c(C)cc(C)cc1C. The van der Waals surface area contributed by atoms with E-state index in [0.717, 1.165) is 24.8 Å². The van der Waals surface area contributed by atoms with Crippen molar-refractivity contribution in [3.8, 4) is 0 Å². The predicted octanol–water partition coefficient (Wildman–Crippen LogP) is 4.69. The topological polar surface area (TPSA) is 52.6 Å². The Balaban J connectivity index is 1.64. The van der Waals surface area contributed by atoms with E-state index in [4.69, 9.17) is 9.47 Å². The van der Waals surface area contributed by atoms with Gasteiger partial charge < -0.3 is 9.47 Å².